The van der Waals surface area contributed by atoms with Gasteiger partial charge in [0.2, 0.25) is 0 Å². The molecular weight excluding hydrogens is 460 g/mol. The molecule has 8 nitrogen and oxygen atoms in total. The monoisotopic (exact) mass is 482 g/mol. The van der Waals surface area contributed by atoms with Crippen molar-refractivity contribution in [2.24, 2.45) is 7.05 Å². The zero-order valence-electron chi connectivity index (χ0n) is 19.1. The number of aromatic nitrogens is 3. The SMILES string of the molecule is Cc1ccccc1Nc1ncc(C(=O)Nc2cnn(C)c2)cc1NC(=O)c1csc2ccccc12. The summed E-state index contributed by atoms with van der Waals surface area (Å²) in [5.41, 5.74) is 3.70. The van der Waals surface area contributed by atoms with Crippen molar-refractivity contribution in [1.29, 1.82) is 0 Å². The third-order valence-corrected chi connectivity index (χ3v) is 6.45. The number of carbonyl (C=O) groups is 2. The smallest absolute Gasteiger partial charge is 0.257 e. The van der Waals surface area contributed by atoms with Gasteiger partial charge in [0.05, 0.1) is 28.7 Å². The largest absolute Gasteiger partial charge is 0.338 e. The molecule has 0 saturated heterocycles. The Morgan fingerprint density at radius 3 is 2.54 bits per heavy atom. The quantitative estimate of drug-likeness (QED) is 0.293. The molecule has 5 rings (SSSR count). The molecule has 174 valence electrons. The van der Waals surface area contributed by atoms with Crippen molar-refractivity contribution in [3.63, 3.8) is 0 Å². The van der Waals surface area contributed by atoms with Gasteiger partial charge in [0.25, 0.3) is 11.8 Å². The Hall–Kier alpha value is -4.50. The fourth-order valence-electron chi connectivity index (χ4n) is 3.66. The zero-order chi connectivity index (χ0) is 24.4. The van der Waals surface area contributed by atoms with Gasteiger partial charge in [-0.2, -0.15) is 5.10 Å². The van der Waals surface area contributed by atoms with Crippen molar-refractivity contribution >= 4 is 56.1 Å². The molecule has 9 heteroatoms. The number of nitrogens with zero attached hydrogens (tertiary/aromatic N) is 3. The van der Waals surface area contributed by atoms with Gasteiger partial charge in [-0.3, -0.25) is 14.3 Å². The summed E-state index contributed by atoms with van der Waals surface area (Å²) in [6, 6.07) is 17.1. The fraction of sp³-hybridized carbons (Fsp3) is 0.0769. The minimum atomic E-state index is -0.357. The predicted octanol–water partition coefficient (Wildman–Crippen LogP) is 5.59. The lowest BCUT2D eigenvalue weighted by Crippen LogP contribution is -2.16. The van der Waals surface area contributed by atoms with E-state index in [1.165, 1.54) is 17.5 Å². The van der Waals surface area contributed by atoms with Crippen LogP contribution in [0.5, 0.6) is 0 Å². The first kappa shape index (κ1) is 22.3. The Morgan fingerprint density at radius 2 is 1.74 bits per heavy atom. The normalized spacial score (nSPS) is 10.8. The summed E-state index contributed by atoms with van der Waals surface area (Å²) < 4.78 is 2.62. The summed E-state index contributed by atoms with van der Waals surface area (Å²) in [6.45, 7) is 1.98. The number of anilines is 4. The van der Waals surface area contributed by atoms with Crippen LogP contribution in [0.2, 0.25) is 0 Å². The highest BCUT2D eigenvalue weighted by Crippen LogP contribution is 2.30. The summed E-state index contributed by atoms with van der Waals surface area (Å²) in [5, 5.41) is 15.8. The van der Waals surface area contributed by atoms with Gasteiger partial charge in [-0.25, -0.2) is 4.98 Å². The summed E-state index contributed by atoms with van der Waals surface area (Å²) in [7, 11) is 1.77. The van der Waals surface area contributed by atoms with Gasteiger partial charge in [0.1, 0.15) is 0 Å². The highest BCUT2D eigenvalue weighted by atomic mass is 32.1. The second kappa shape index (κ2) is 9.40. The van der Waals surface area contributed by atoms with Crippen LogP contribution in [0, 0.1) is 6.92 Å². The van der Waals surface area contributed by atoms with Crippen molar-refractivity contribution in [2.75, 3.05) is 16.0 Å². The molecule has 0 unspecified atom stereocenters. The molecule has 3 heterocycles. The van der Waals surface area contributed by atoms with Crippen LogP contribution in [0.25, 0.3) is 10.1 Å². The van der Waals surface area contributed by atoms with E-state index in [9.17, 15) is 9.59 Å². The minimum Gasteiger partial charge on any atom is -0.338 e. The van der Waals surface area contributed by atoms with Crippen molar-refractivity contribution in [3.05, 3.63) is 95.3 Å². The molecule has 0 aliphatic heterocycles. The van der Waals surface area contributed by atoms with Crippen LogP contribution >= 0.6 is 11.3 Å². The number of amides is 2. The van der Waals surface area contributed by atoms with Crippen molar-refractivity contribution < 1.29 is 9.59 Å². The Balaban J connectivity index is 1.48. The van der Waals surface area contributed by atoms with Gasteiger partial charge in [0.15, 0.2) is 5.82 Å². The molecular formula is C26H22N6O2S. The zero-order valence-corrected chi connectivity index (χ0v) is 19.9. The number of nitrogens with one attached hydrogen (secondary N) is 3. The summed E-state index contributed by atoms with van der Waals surface area (Å²) in [4.78, 5) is 30.6. The number of thiophene rings is 1. The molecule has 2 amide bonds. The fourth-order valence-corrected chi connectivity index (χ4v) is 4.60. The molecule has 0 saturated carbocycles. The second-order valence-electron chi connectivity index (χ2n) is 8.02. The molecule has 0 bridgehead atoms. The minimum absolute atomic E-state index is 0.276. The number of para-hydroxylation sites is 1. The van der Waals surface area contributed by atoms with Gasteiger partial charge in [-0.05, 0) is 30.7 Å². The lowest BCUT2D eigenvalue weighted by Gasteiger charge is -2.15. The number of hydrogen-bond donors (Lipinski definition) is 3. The van der Waals surface area contributed by atoms with E-state index in [4.69, 9.17) is 0 Å². The Kier molecular flexibility index (Phi) is 5.99. The van der Waals surface area contributed by atoms with E-state index in [1.807, 2.05) is 60.8 Å². The summed E-state index contributed by atoms with van der Waals surface area (Å²) >= 11 is 1.51. The van der Waals surface area contributed by atoms with E-state index in [-0.39, 0.29) is 11.8 Å². The lowest BCUT2D eigenvalue weighted by molar-refractivity contribution is 0.101. The second-order valence-corrected chi connectivity index (χ2v) is 8.93. The van der Waals surface area contributed by atoms with Crippen LogP contribution in [-0.4, -0.2) is 26.6 Å². The summed E-state index contributed by atoms with van der Waals surface area (Å²) in [5.74, 6) is -0.198. The van der Waals surface area contributed by atoms with Crippen LogP contribution in [-0.2, 0) is 7.05 Å². The van der Waals surface area contributed by atoms with Crippen molar-refractivity contribution in [1.82, 2.24) is 14.8 Å². The molecule has 0 spiro atoms. The van der Waals surface area contributed by atoms with Gasteiger partial charge >= 0.3 is 0 Å². The first-order valence-corrected chi connectivity index (χ1v) is 11.8. The van der Waals surface area contributed by atoms with Crippen LogP contribution in [0.15, 0.2) is 78.6 Å². The third kappa shape index (κ3) is 4.75. The van der Waals surface area contributed by atoms with Crippen LogP contribution < -0.4 is 16.0 Å². The number of benzene rings is 2. The number of aryl methyl sites for hydroxylation is 2. The average molecular weight is 483 g/mol. The maximum absolute atomic E-state index is 13.3. The molecule has 0 fully saturated rings. The van der Waals surface area contributed by atoms with Crippen molar-refractivity contribution in [3.8, 4) is 0 Å². The van der Waals surface area contributed by atoms with E-state index in [2.05, 4.69) is 26.0 Å². The van der Waals surface area contributed by atoms with Gasteiger partial charge in [-0.1, -0.05) is 36.4 Å². The van der Waals surface area contributed by atoms with Gasteiger partial charge in [-0.15, -0.1) is 11.3 Å². The van der Waals surface area contributed by atoms with Gasteiger partial charge in [0, 0.05) is 40.6 Å². The Bertz CT molecular complexity index is 1550. The van der Waals surface area contributed by atoms with Gasteiger partial charge < -0.3 is 16.0 Å². The van der Waals surface area contributed by atoms with Crippen LogP contribution in [0.3, 0.4) is 0 Å². The first-order chi connectivity index (χ1) is 17.0. The maximum Gasteiger partial charge on any atom is 0.257 e. The third-order valence-electron chi connectivity index (χ3n) is 5.48. The standard InChI is InChI=1S/C26H22N6O2S/c1-16-7-3-5-9-21(16)30-24-22(31-26(34)20-15-35-23-10-6-4-8-19(20)23)11-17(12-27-24)25(33)29-18-13-28-32(2)14-18/h3-15H,1-2H3,(H,27,30)(H,29,33)(H,31,34). The molecule has 3 N–H and O–H groups in total. The molecule has 0 atom stereocenters. The molecule has 2 aromatic carbocycles. The number of fused-ring (bicyclic) bond motifs is 1. The first-order valence-electron chi connectivity index (χ1n) is 10.9. The molecule has 0 aliphatic carbocycles. The van der Waals surface area contributed by atoms with E-state index >= 15 is 0 Å². The summed E-state index contributed by atoms with van der Waals surface area (Å²) in [6.07, 6.45) is 4.73. The molecule has 35 heavy (non-hydrogen) atoms. The van der Waals surface area contributed by atoms with E-state index in [0.29, 0.717) is 28.3 Å². The Morgan fingerprint density at radius 1 is 0.943 bits per heavy atom. The lowest BCUT2D eigenvalue weighted by atomic mass is 10.1. The number of hydrogen-bond acceptors (Lipinski definition) is 6. The van der Waals surface area contributed by atoms with E-state index in [1.54, 1.807) is 30.2 Å². The van der Waals surface area contributed by atoms with E-state index < -0.39 is 0 Å². The van der Waals surface area contributed by atoms with Crippen LogP contribution in [0.1, 0.15) is 26.3 Å². The van der Waals surface area contributed by atoms with E-state index in [0.717, 1.165) is 21.3 Å². The maximum atomic E-state index is 13.3. The highest BCUT2D eigenvalue weighted by Gasteiger charge is 2.18. The molecule has 5 aromatic rings. The highest BCUT2D eigenvalue weighted by molar-refractivity contribution is 7.17. The van der Waals surface area contributed by atoms with Crippen molar-refractivity contribution in [2.45, 2.75) is 6.92 Å². The van der Waals surface area contributed by atoms with Crippen LogP contribution in [0.4, 0.5) is 22.9 Å². The molecule has 0 aliphatic rings. The molecule has 0 radical (unpaired) electrons. The topological polar surface area (TPSA) is 101 Å². The number of pyridine rings is 1. The Labute approximate surface area is 205 Å². The average Bonchev–Trinajstić information content (AvgIpc) is 3.47. The predicted molar refractivity (Wildman–Crippen MR) is 140 cm³/mol. The number of rotatable bonds is 6. The number of carbonyl (C=O) groups excluding carboxylic acids is 2. The molecule has 3 aromatic heterocycles.